The van der Waals surface area contributed by atoms with Gasteiger partial charge in [0.05, 0.1) is 22.5 Å². The van der Waals surface area contributed by atoms with E-state index in [9.17, 15) is 0 Å². The zero-order valence-electron chi connectivity index (χ0n) is 10.1. The minimum absolute atomic E-state index is 0.345. The lowest BCUT2D eigenvalue weighted by molar-refractivity contribution is 0.190. The SMILES string of the molecule is CCc1nn(CC)c(CNCC(C)O)c1Cl. The molecule has 1 unspecified atom stereocenters. The van der Waals surface area contributed by atoms with Crippen molar-refractivity contribution in [3.05, 3.63) is 16.4 Å². The van der Waals surface area contributed by atoms with Gasteiger partial charge in [0.1, 0.15) is 0 Å². The Morgan fingerprint density at radius 2 is 2.19 bits per heavy atom. The lowest BCUT2D eigenvalue weighted by Gasteiger charge is -2.08. The first-order valence-corrected chi connectivity index (χ1v) is 6.10. The van der Waals surface area contributed by atoms with Crippen LogP contribution in [0.5, 0.6) is 0 Å². The summed E-state index contributed by atoms with van der Waals surface area (Å²) in [5.74, 6) is 0. The van der Waals surface area contributed by atoms with Gasteiger partial charge in [-0.15, -0.1) is 0 Å². The molecule has 0 saturated heterocycles. The van der Waals surface area contributed by atoms with E-state index in [1.54, 1.807) is 6.92 Å². The van der Waals surface area contributed by atoms with Gasteiger partial charge in [-0.05, 0) is 20.3 Å². The first kappa shape index (κ1) is 13.5. The number of hydrogen-bond donors (Lipinski definition) is 2. The maximum absolute atomic E-state index is 9.16. The Kier molecular flexibility index (Phi) is 5.25. The lowest BCUT2D eigenvalue weighted by Crippen LogP contribution is -2.25. The van der Waals surface area contributed by atoms with Crippen LogP contribution in [0.25, 0.3) is 0 Å². The van der Waals surface area contributed by atoms with Crippen LogP contribution in [0.2, 0.25) is 5.02 Å². The predicted octanol–water partition coefficient (Wildman–Crippen LogP) is 1.59. The summed E-state index contributed by atoms with van der Waals surface area (Å²) in [6.45, 7) is 7.86. The summed E-state index contributed by atoms with van der Waals surface area (Å²) < 4.78 is 1.91. The number of aliphatic hydroxyl groups is 1. The van der Waals surface area contributed by atoms with E-state index in [-0.39, 0.29) is 6.10 Å². The number of aliphatic hydroxyl groups excluding tert-OH is 1. The molecule has 1 rings (SSSR count). The van der Waals surface area contributed by atoms with E-state index in [0.717, 1.165) is 29.4 Å². The monoisotopic (exact) mass is 245 g/mol. The van der Waals surface area contributed by atoms with Gasteiger partial charge in [0, 0.05) is 19.6 Å². The van der Waals surface area contributed by atoms with Crippen LogP contribution in [0.1, 0.15) is 32.2 Å². The zero-order valence-corrected chi connectivity index (χ0v) is 10.9. The highest BCUT2D eigenvalue weighted by molar-refractivity contribution is 6.31. The highest BCUT2D eigenvalue weighted by atomic mass is 35.5. The average molecular weight is 246 g/mol. The molecular formula is C11H20ClN3O. The van der Waals surface area contributed by atoms with Gasteiger partial charge in [0.25, 0.3) is 0 Å². The molecule has 0 bridgehead atoms. The molecule has 0 aliphatic heterocycles. The summed E-state index contributed by atoms with van der Waals surface area (Å²) in [5, 5.41) is 17.5. The second-order valence-corrected chi connectivity index (χ2v) is 4.23. The molecule has 1 aromatic heterocycles. The number of nitrogens with one attached hydrogen (secondary N) is 1. The minimum atomic E-state index is -0.345. The van der Waals surface area contributed by atoms with Crippen molar-refractivity contribution in [3.8, 4) is 0 Å². The molecule has 1 heterocycles. The van der Waals surface area contributed by atoms with Crippen molar-refractivity contribution in [2.45, 2.75) is 46.4 Å². The third kappa shape index (κ3) is 3.20. The Balaban J connectivity index is 2.73. The van der Waals surface area contributed by atoms with Crippen molar-refractivity contribution in [2.24, 2.45) is 0 Å². The molecule has 0 aliphatic carbocycles. The number of aromatic nitrogens is 2. The zero-order chi connectivity index (χ0) is 12.1. The van der Waals surface area contributed by atoms with Gasteiger partial charge in [-0.2, -0.15) is 5.10 Å². The number of rotatable bonds is 6. The van der Waals surface area contributed by atoms with Gasteiger partial charge in [0.15, 0.2) is 0 Å². The molecule has 1 aromatic rings. The van der Waals surface area contributed by atoms with Crippen LogP contribution in [-0.2, 0) is 19.5 Å². The van der Waals surface area contributed by atoms with E-state index in [1.165, 1.54) is 0 Å². The van der Waals surface area contributed by atoms with Crippen LogP contribution in [0.15, 0.2) is 0 Å². The molecule has 0 aromatic carbocycles. The fraction of sp³-hybridized carbons (Fsp3) is 0.727. The van der Waals surface area contributed by atoms with E-state index in [1.807, 2.05) is 18.5 Å². The summed E-state index contributed by atoms with van der Waals surface area (Å²) in [4.78, 5) is 0. The van der Waals surface area contributed by atoms with E-state index >= 15 is 0 Å². The van der Waals surface area contributed by atoms with Crippen LogP contribution in [-0.4, -0.2) is 27.5 Å². The fourth-order valence-electron chi connectivity index (χ4n) is 1.59. The van der Waals surface area contributed by atoms with Crippen molar-refractivity contribution in [2.75, 3.05) is 6.54 Å². The van der Waals surface area contributed by atoms with Gasteiger partial charge >= 0.3 is 0 Å². The molecule has 0 radical (unpaired) electrons. The van der Waals surface area contributed by atoms with E-state index in [4.69, 9.17) is 16.7 Å². The standard InChI is InChI=1S/C11H20ClN3O/c1-4-9-11(12)10(15(5-2)14-9)7-13-6-8(3)16/h8,13,16H,4-7H2,1-3H3. The number of nitrogens with zero attached hydrogens (tertiary/aromatic N) is 2. The van der Waals surface area contributed by atoms with Crippen LogP contribution in [0, 0.1) is 0 Å². The quantitative estimate of drug-likeness (QED) is 0.800. The molecule has 0 saturated carbocycles. The highest BCUT2D eigenvalue weighted by Crippen LogP contribution is 2.21. The molecule has 5 heteroatoms. The normalized spacial score (nSPS) is 13.1. The highest BCUT2D eigenvalue weighted by Gasteiger charge is 2.13. The number of aryl methyl sites for hydroxylation is 2. The van der Waals surface area contributed by atoms with Gasteiger partial charge in [-0.25, -0.2) is 0 Å². The smallest absolute Gasteiger partial charge is 0.0863 e. The van der Waals surface area contributed by atoms with Crippen molar-refractivity contribution < 1.29 is 5.11 Å². The molecule has 0 fully saturated rings. The molecule has 2 N–H and O–H groups in total. The molecule has 0 amide bonds. The molecular weight excluding hydrogens is 226 g/mol. The minimum Gasteiger partial charge on any atom is -0.392 e. The van der Waals surface area contributed by atoms with Crippen molar-refractivity contribution >= 4 is 11.6 Å². The Labute approximate surface area is 102 Å². The van der Waals surface area contributed by atoms with Crippen LogP contribution < -0.4 is 5.32 Å². The lowest BCUT2D eigenvalue weighted by atomic mass is 10.3. The van der Waals surface area contributed by atoms with Crippen LogP contribution >= 0.6 is 11.6 Å². The molecule has 0 aliphatic rings. The van der Waals surface area contributed by atoms with Crippen molar-refractivity contribution in [3.63, 3.8) is 0 Å². The second kappa shape index (κ2) is 6.23. The summed E-state index contributed by atoms with van der Waals surface area (Å²) in [6.07, 6.45) is 0.498. The molecule has 92 valence electrons. The first-order valence-electron chi connectivity index (χ1n) is 5.72. The van der Waals surface area contributed by atoms with E-state index < -0.39 is 0 Å². The maximum Gasteiger partial charge on any atom is 0.0863 e. The van der Waals surface area contributed by atoms with Gasteiger partial charge in [0.2, 0.25) is 0 Å². The predicted molar refractivity (Wildman–Crippen MR) is 65.7 cm³/mol. The van der Waals surface area contributed by atoms with E-state index in [2.05, 4.69) is 10.4 Å². The molecule has 4 nitrogen and oxygen atoms in total. The Morgan fingerprint density at radius 3 is 2.69 bits per heavy atom. The Bertz CT molecular complexity index is 336. The van der Waals surface area contributed by atoms with Gasteiger partial charge < -0.3 is 10.4 Å². The van der Waals surface area contributed by atoms with Crippen molar-refractivity contribution in [1.29, 1.82) is 0 Å². The number of halogens is 1. The fourth-order valence-corrected chi connectivity index (χ4v) is 1.92. The van der Waals surface area contributed by atoms with Crippen LogP contribution in [0.3, 0.4) is 0 Å². The summed E-state index contributed by atoms with van der Waals surface area (Å²) >= 11 is 6.24. The Hall–Kier alpha value is -0.580. The third-order valence-electron chi connectivity index (χ3n) is 2.43. The summed E-state index contributed by atoms with van der Waals surface area (Å²) in [6, 6.07) is 0. The largest absolute Gasteiger partial charge is 0.392 e. The maximum atomic E-state index is 9.16. The Morgan fingerprint density at radius 1 is 1.50 bits per heavy atom. The molecule has 1 atom stereocenters. The van der Waals surface area contributed by atoms with Gasteiger partial charge in [-0.3, -0.25) is 4.68 Å². The molecule has 0 spiro atoms. The van der Waals surface area contributed by atoms with Gasteiger partial charge in [-0.1, -0.05) is 18.5 Å². The first-order chi connectivity index (χ1) is 7.60. The molecule has 16 heavy (non-hydrogen) atoms. The topological polar surface area (TPSA) is 50.1 Å². The summed E-state index contributed by atoms with van der Waals surface area (Å²) in [5.41, 5.74) is 1.94. The van der Waals surface area contributed by atoms with Crippen LogP contribution in [0.4, 0.5) is 0 Å². The average Bonchev–Trinajstić information content (AvgIpc) is 2.55. The van der Waals surface area contributed by atoms with E-state index in [0.29, 0.717) is 13.1 Å². The third-order valence-corrected chi connectivity index (χ3v) is 2.86. The van der Waals surface area contributed by atoms with Crippen molar-refractivity contribution in [1.82, 2.24) is 15.1 Å². The summed E-state index contributed by atoms with van der Waals surface area (Å²) in [7, 11) is 0. The second-order valence-electron chi connectivity index (χ2n) is 3.86. The number of hydrogen-bond acceptors (Lipinski definition) is 3.